The number of fused-ring (bicyclic) bond motifs is 5. The Hall–Kier alpha value is -0.990. The molecule has 4 rings (SSSR count). The summed E-state index contributed by atoms with van der Waals surface area (Å²) in [5.41, 5.74) is 2.43. The zero-order valence-electron chi connectivity index (χ0n) is 32.2. The first-order valence-electron chi connectivity index (χ1n) is 21.2. The van der Waals surface area contributed by atoms with Gasteiger partial charge in [-0.2, -0.15) is 0 Å². The van der Waals surface area contributed by atoms with Crippen LogP contribution < -0.4 is 0 Å². The molecule has 0 aromatic rings. The van der Waals surface area contributed by atoms with Gasteiger partial charge in [0, 0.05) is 6.42 Å². The normalized spacial score (nSPS) is 32.3. The molecule has 272 valence electrons. The molecule has 3 fully saturated rings. The molecule has 47 heavy (non-hydrogen) atoms. The highest BCUT2D eigenvalue weighted by molar-refractivity contribution is 5.60. The predicted molar refractivity (Wildman–Crippen MR) is 200 cm³/mol. The third-order valence-electron chi connectivity index (χ3n) is 14.2. The van der Waals surface area contributed by atoms with Crippen molar-refractivity contribution in [1.82, 2.24) is 0 Å². The Balaban J connectivity index is 1.10. The smallest absolute Gasteiger partial charge is 0.434 e. The van der Waals surface area contributed by atoms with Gasteiger partial charge in [-0.05, 0) is 97.7 Å². The second kappa shape index (κ2) is 19.4. The molecule has 4 aliphatic carbocycles. The number of carbonyl (C=O) groups is 1. The molecule has 8 unspecified atom stereocenters. The van der Waals surface area contributed by atoms with Gasteiger partial charge in [-0.3, -0.25) is 0 Å². The summed E-state index contributed by atoms with van der Waals surface area (Å²) in [7, 11) is 0. The highest BCUT2D eigenvalue weighted by Gasteiger charge is 2.59. The van der Waals surface area contributed by atoms with Crippen molar-refractivity contribution < 1.29 is 14.3 Å². The van der Waals surface area contributed by atoms with Gasteiger partial charge in [0.2, 0.25) is 0 Å². The zero-order chi connectivity index (χ0) is 33.7. The molecule has 0 bridgehead atoms. The van der Waals surface area contributed by atoms with Crippen LogP contribution in [0.3, 0.4) is 0 Å². The lowest BCUT2D eigenvalue weighted by Crippen LogP contribution is -2.51. The second-order valence-corrected chi connectivity index (χ2v) is 18.0. The van der Waals surface area contributed by atoms with Crippen molar-refractivity contribution in [3.05, 3.63) is 11.6 Å². The summed E-state index contributed by atoms with van der Waals surface area (Å²) in [6.45, 7) is 15.4. The number of hydrogen-bond acceptors (Lipinski definition) is 3. The van der Waals surface area contributed by atoms with E-state index in [1.807, 2.05) is 0 Å². The average molecular weight is 655 g/mol. The first-order valence-corrected chi connectivity index (χ1v) is 21.2. The first-order chi connectivity index (χ1) is 22.7. The maximum Gasteiger partial charge on any atom is 0.508 e. The Morgan fingerprint density at radius 2 is 1.40 bits per heavy atom. The number of ether oxygens (including phenoxy) is 2. The van der Waals surface area contributed by atoms with Crippen LogP contribution in [0.2, 0.25) is 0 Å². The molecule has 4 aliphatic rings. The van der Waals surface area contributed by atoms with Gasteiger partial charge in [0.15, 0.2) is 0 Å². The van der Waals surface area contributed by atoms with Gasteiger partial charge in [-0.1, -0.05) is 156 Å². The number of allylic oxidation sites excluding steroid dienone is 1. The average Bonchev–Trinajstić information content (AvgIpc) is 3.40. The molecule has 0 saturated heterocycles. The SMILES string of the molecule is CCCCCCCCCCCCCCCCOC(=O)OC1CCC2(C)C(=CCC3C2CCC2(C)C(C(C)CCCC(C)C)CCC32)C1. The van der Waals surface area contributed by atoms with E-state index in [9.17, 15) is 4.79 Å². The molecule has 0 amide bonds. The van der Waals surface area contributed by atoms with Crippen LogP contribution in [0.4, 0.5) is 4.79 Å². The van der Waals surface area contributed by atoms with Crippen LogP contribution in [0.1, 0.15) is 202 Å². The van der Waals surface area contributed by atoms with Crippen LogP contribution >= 0.6 is 0 Å². The van der Waals surface area contributed by atoms with Gasteiger partial charge in [0.1, 0.15) is 6.10 Å². The minimum atomic E-state index is -0.435. The first kappa shape index (κ1) is 38.8. The van der Waals surface area contributed by atoms with E-state index in [2.05, 4.69) is 47.6 Å². The molecule has 0 spiro atoms. The number of carbonyl (C=O) groups excluding carboxylic acids is 1. The highest BCUT2D eigenvalue weighted by atomic mass is 16.7. The van der Waals surface area contributed by atoms with E-state index in [1.165, 1.54) is 128 Å². The third-order valence-corrected chi connectivity index (χ3v) is 14.2. The van der Waals surface area contributed by atoms with Crippen molar-refractivity contribution in [2.24, 2.45) is 46.3 Å². The van der Waals surface area contributed by atoms with Gasteiger partial charge in [0.05, 0.1) is 6.61 Å². The molecule has 0 radical (unpaired) electrons. The van der Waals surface area contributed by atoms with Gasteiger partial charge in [-0.25, -0.2) is 4.79 Å². The van der Waals surface area contributed by atoms with Crippen molar-refractivity contribution >= 4 is 6.16 Å². The van der Waals surface area contributed by atoms with Crippen molar-refractivity contribution in [3.63, 3.8) is 0 Å². The number of hydrogen-bond donors (Lipinski definition) is 0. The highest BCUT2D eigenvalue weighted by Crippen LogP contribution is 2.67. The molecule has 0 N–H and O–H groups in total. The predicted octanol–water partition coefficient (Wildman–Crippen LogP) is 14.0. The molecule has 3 nitrogen and oxygen atoms in total. The third kappa shape index (κ3) is 10.7. The molecular weight excluding hydrogens is 576 g/mol. The van der Waals surface area contributed by atoms with Crippen molar-refractivity contribution in [2.45, 2.75) is 208 Å². The van der Waals surface area contributed by atoms with Crippen LogP contribution in [0.25, 0.3) is 0 Å². The van der Waals surface area contributed by atoms with Crippen molar-refractivity contribution in [1.29, 1.82) is 0 Å². The fourth-order valence-electron chi connectivity index (χ4n) is 11.4. The Bertz CT molecular complexity index is 938. The molecule has 0 aromatic heterocycles. The summed E-state index contributed by atoms with van der Waals surface area (Å²) >= 11 is 0. The standard InChI is InChI=1S/C44H78O3/c1-7-8-9-10-11-12-13-14-15-16-17-18-19-20-32-46-42(45)47-37-28-30-43(5)36(33-37)24-25-38-40-27-26-39(35(4)23-21-22-34(2)3)44(40,6)31-29-41(38)43/h24,34-35,37-41H,7-23,25-33H2,1-6H3. The van der Waals surface area contributed by atoms with Crippen LogP contribution in [-0.2, 0) is 9.47 Å². The maximum atomic E-state index is 12.6. The van der Waals surface area contributed by atoms with Crippen LogP contribution in [0.15, 0.2) is 11.6 Å². The molecule has 3 heteroatoms. The Morgan fingerprint density at radius 1 is 0.766 bits per heavy atom. The van der Waals surface area contributed by atoms with Gasteiger partial charge in [0.25, 0.3) is 0 Å². The minimum absolute atomic E-state index is 0.00822. The summed E-state index contributed by atoms with van der Waals surface area (Å²) < 4.78 is 11.5. The molecular formula is C44H78O3. The van der Waals surface area contributed by atoms with Crippen LogP contribution in [0, 0.1) is 46.3 Å². The Kier molecular flexibility index (Phi) is 16.0. The molecule has 0 aromatic carbocycles. The lowest BCUT2D eigenvalue weighted by Gasteiger charge is -2.58. The van der Waals surface area contributed by atoms with Crippen molar-refractivity contribution in [3.8, 4) is 0 Å². The van der Waals surface area contributed by atoms with E-state index in [4.69, 9.17) is 9.47 Å². The largest absolute Gasteiger partial charge is 0.508 e. The fourth-order valence-corrected chi connectivity index (χ4v) is 11.4. The molecule has 0 heterocycles. The second-order valence-electron chi connectivity index (χ2n) is 18.0. The Labute approximate surface area is 292 Å². The van der Waals surface area contributed by atoms with E-state index < -0.39 is 6.16 Å². The quantitative estimate of drug-likeness (QED) is 0.0702. The van der Waals surface area contributed by atoms with Gasteiger partial charge >= 0.3 is 6.16 Å². The molecule has 3 saturated carbocycles. The van der Waals surface area contributed by atoms with E-state index in [0.717, 1.165) is 67.6 Å². The molecule has 0 aliphatic heterocycles. The van der Waals surface area contributed by atoms with E-state index in [0.29, 0.717) is 17.4 Å². The van der Waals surface area contributed by atoms with Gasteiger partial charge in [-0.15, -0.1) is 0 Å². The van der Waals surface area contributed by atoms with Gasteiger partial charge < -0.3 is 9.47 Å². The zero-order valence-corrected chi connectivity index (χ0v) is 32.2. The van der Waals surface area contributed by atoms with E-state index in [-0.39, 0.29) is 6.10 Å². The topological polar surface area (TPSA) is 35.5 Å². The maximum absolute atomic E-state index is 12.6. The summed E-state index contributed by atoms with van der Waals surface area (Å²) in [5, 5.41) is 0. The number of rotatable bonds is 21. The summed E-state index contributed by atoms with van der Waals surface area (Å²) in [6.07, 6.45) is 35.1. The van der Waals surface area contributed by atoms with Crippen molar-refractivity contribution in [2.75, 3.05) is 6.61 Å². The lowest BCUT2D eigenvalue weighted by molar-refractivity contribution is -0.0617. The van der Waals surface area contributed by atoms with Crippen LogP contribution in [0.5, 0.6) is 0 Å². The summed E-state index contributed by atoms with van der Waals surface area (Å²) in [5.74, 6) is 5.17. The summed E-state index contributed by atoms with van der Waals surface area (Å²) in [4.78, 5) is 12.6. The molecule has 8 atom stereocenters. The lowest BCUT2D eigenvalue weighted by atomic mass is 9.47. The number of unbranched alkanes of at least 4 members (excludes halogenated alkanes) is 13. The van der Waals surface area contributed by atoms with E-state index in [1.54, 1.807) is 5.57 Å². The van der Waals surface area contributed by atoms with E-state index >= 15 is 0 Å². The minimum Gasteiger partial charge on any atom is -0.434 e. The Morgan fingerprint density at radius 3 is 2.04 bits per heavy atom. The fraction of sp³-hybridized carbons (Fsp3) is 0.932. The summed E-state index contributed by atoms with van der Waals surface area (Å²) in [6, 6.07) is 0. The van der Waals surface area contributed by atoms with Crippen LogP contribution in [-0.4, -0.2) is 18.9 Å². The monoisotopic (exact) mass is 655 g/mol.